The Morgan fingerprint density at radius 3 is 2.81 bits per heavy atom. The number of nitrogens with one attached hydrogen (secondary N) is 1. The van der Waals surface area contributed by atoms with Crippen LogP contribution < -0.4 is 5.32 Å². The second-order valence-corrected chi connectivity index (χ2v) is 5.47. The van der Waals surface area contributed by atoms with E-state index in [1.54, 1.807) is 6.20 Å². The van der Waals surface area contributed by atoms with Crippen LogP contribution in [0, 0.1) is 5.41 Å². The summed E-state index contributed by atoms with van der Waals surface area (Å²) in [7, 11) is 0. The van der Waals surface area contributed by atoms with E-state index in [2.05, 4.69) is 17.2 Å². The SMILES string of the molecule is CC1(CNc2ncccc2Cl)CCCCC1. The summed E-state index contributed by atoms with van der Waals surface area (Å²) >= 11 is 6.06. The van der Waals surface area contributed by atoms with Crippen LogP contribution in [-0.4, -0.2) is 11.5 Å². The van der Waals surface area contributed by atoms with E-state index < -0.39 is 0 Å². The van der Waals surface area contributed by atoms with Gasteiger partial charge in [0.05, 0.1) is 5.02 Å². The van der Waals surface area contributed by atoms with E-state index in [0.717, 1.165) is 12.4 Å². The first-order chi connectivity index (χ1) is 7.70. The van der Waals surface area contributed by atoms with Crippen molar-refractivity contribution in [1.82, 2.24) is 4.98 Å². The van der Waals surface area contributed by atoms with Crippen molar-refractivity contribution >= 4 is 17.4 Å². The maximum Gasteiger partial charge on any atom is 0.144 e. The number of pyridine rings is 1. The molecule has 3 heteroatoms. The maximum absolute atomic E-state index is 6.06. The van der Waals surface area contributed by atoms with Crippen LogP contribution in [-0.2, 0) is 0 Å². The third kappa shape index (κ3) is 2.88. The average Bonchev–Trinajstić information content (AvgIpc) is 2.29. The van der Waals surface area contributed by atoms with Gasteiger partial charge in [0.25, 0.3) is 0 Å². The van der Waals surface area contributed by atoms with E-state index in [-0.39, 0.29) is 0 Å². The molecular formula is C13H19ClN2. The zero-order valence-corrected chi connectivity index (χ0v) is 10.6. The molecule has 1 aromatic rings. The van der Waals surface area contributed by atoms with Crippen LogP contribution in [0.5, 0.6) is 0 Å². The minimum absolute atomic E-state index is 0.416. The molecule has 88 valence electrons. The number of hydrogen-bond acceptors (Lipinski definition) is 2. The van der Waals surface area contributed by atoms with Crippen molar-refractivity contribution in [1.29, 1.82) is 0 Å². The number of rotatable bonds is 3. The lowest BCUT2D eigenvalue weighted by molar-refractivity contribution is 0.233. The molecule has 1 N–H and O–H groups in total. The Hall–Kier alpha value is -0.760. The highest BCUT2D eigenvalue weighted by Gasteiger charge is 2.26. The molecule has 1 fully saturated rings. The third-order valence-corrected chi connectivity index (χ3v) is 3.81. The van der Waals surface area contributed by atoms with Crippen LogP contribution in [0.25, 0.3) is 0 Å². The van der Waals surface area contributed by atoms with E-state index in [1.807, 2.05) is 12.1 Å². The molecule has 1 aliphatic rings. The summed E-state index contributed by atoms with van der Waals surface area (Å²) < 4.78 is 0. The molecule has 0 unspecified atom stereocenters. The van der Waals surface area contributed by atoms with Crippen LogP contribution in [0.3, 0.4) is 0 Å². The van der Waals surface area contributed by atoms with Gasteiger partial charge in [-0.1, -0.05) is 37.8 Å². The van der Waals surface area contributed by atoms with Gasteiger partial charge in [-0.25, -0.2) is 4.98 Å². The van der Waals surface area contributed by atoms with Gasteiger partial charge in [-0.3, -0.25) is 0 Å². The van der Waals surface area contributed by atoms with Gasteiger partial charge in [0.2, 0.25) is 0 Å². The van der Waals surface area contributed by atoms with Gasteiger partial charge >= 0.3 is 0 Å². The zero-order valence-electron chi connectivity index (χ0n) is 9.80. The van der Waals surface area contributed by atoms with Gasteiger partial charge < -0.3 is 5.32 Å². The molecule has 1 heterocycles. The van der Waals surface area contributed by atoms with Crippen LogP contribution in [0.1, 0.15) is 39.0 Å². The molecule has 0 amide bonds. The number of anilines is 1. The molecule has 1 aliphatic carbocycles. The van der Waals surface area contributed by atoms with Gasteiger partial charge in [-0.2, -0.15) is 0 Å². The highest BCUT2D eigenvalue weighted by Crippen LogP contribution is 2.36. The monoisotopic (exact) mass is 238 g/mol. The number of nitrogens with zero attached hydrogens (tertiary/aromatic N) is 1. The minimum Gasteiger partial charge on any atom is -0.368 e. The Labute approximate surface area is 102 Å². The minimum atomic E-state index is 0.416. The van der Waals surface area contributed by atoms with Crippen LogP contribution in [0.2, 0.25) is 5.02 Å². The van der Waals surface area contributed by atoms with Crippen molar-refractivity contribution in [3.8, 4) is 0 Å². The molecule has 0 aliphatic heterocycles. The molecule has 0 bridgehead atoms. The van der Waals surface area contributed by atoms with Gasteiger partial charge in [-0.05, 0) is 30.4 Å². The van der Waals surface area contributed by atoms with Crippen molar-refractivity contribution in [3.63, 3.8) is 0 Å². The molecule has 1 saturated carbocycles. The fourth-order valence-corrected chi connectivity index (χ4v) is 2.58. The average molecular weight is 239 g/mol. The predicted octanol–water partition coefficient (Wildman–Crippen LogP) is 4.12. The lowest BCUT2D eigenvalue weighted by atomic mass is 9.76. The summed E-state index contributed by atoms with van der Waals surface area (Å²) in [6.07, 6.45) is 8.49. The van der Waals surface area contributed by atoms with Gasteiger partial charge in [0.15, 0.2) is 0 Å². The first-order valence-electron chi connectivity index (χ1n) is 6.04. The van der Waals surface area contributed by atoms with E-state index in [0.29, 0.717) is 10.4 Å². The number of aromatic nitrogens is 1. The summed E-state index contributed by atoms with van der Waals surface area (Å²) in [6.45, 7) is 3.33. The Morgan fingerprint density at radius 1 is 1.38 bits per heavy atom. The molecule has 0 atom stereocenters. The number of hydrogen-bond donors (Lipinski definition) is 1. The highest BCUT2D eigenvalue weighted by molar-refractivity contribution is 6.32. The molecule has 0 radical (unpaired) electrons. The molecule has 0 spiro atoms. The van der Waals surface area contributed by atoms with Crippen molar-refractivity contribution in [2.75, 3.05) is 11.9 Å². The summed E-state index contributed by atoms with van der Waals surface area (Å²) in [6, 6.07) is 3.73. The van der Waals surface area contributed by atoms with Crippen LogP contribution >= 0.6 is 11.6 Å². The van der Waals surface area contributed by atoms with Crippen molar-refractivity contribution in [2.24, 2.45) is 5.41 Å². The summed E-state index contributed by atoms with van der Waals surface area (Å²) in [5.74, 6) is 0.816. The smallest absolute Gasteiger partial charge is 0.144 e. The second-order valence-electron chi connectivity index (χ2n) is 5.06. The van der Waals surface area contributed by atoms with Gasteiger partial charge in [0, 0.05) is 12.7 Å². The summed E-state index contributed by atoms with van der Waals surface area (Å²) in [4.78, 5) is 4.25. The number of halogens is 1. The maximum atomic E-state index is 6.06. The topological polar surface area (TPSA) is 24.9 Å². The summed E-state index contributed by atoms with van der Waals surface area (Å²) in [5.41, 5.74) is 0.416. The molecule has 2 nitrogen and oxygen atoms in total. The second kappa shape index (κ2) is 5.05. The van der Waals surface area contributed by atoms with Crippen molar-refractivity contribution in [2.45, 2.75) is 39.0 Å². The Bertz CT molecular complexity index is 346. The molecular weight excluding hydrogens is 220 g/mol. The molecule has 0 aromatic carbocycles. The van der Waals surface area contributed by atoms with Gasteiger partial charge in [-0.15, -0.1) is 0 Å². The Morgan fingerprint density at radius 2 is 2.12 bits per heavy atom. The lowest BCUT2D eigenvalue weighted by Crippen LogP contribution is -2.29. The fraction of sp³-hybridized carbons (Fsp3) is 0.615. The highest BCUT2D eigenvalue weighted by atomic mass is 35.5. The molecule has 0 saturated heterocycles. The van der Waals surface area contributed by atoms with Crippen LogP contribution in [0.15, 0.2) is 18.3 Å². The molecule has 2 rings (SSSR count). The quantitative estimate of drug-likeness (QED) is 0.857. The standard InChI is InChI=1S/C13H19ClN2/c1-13(7-3-2-4-8-13)10-16-12-11(14)6-5-9-15-12/h5-6,9H,2-4,7-8,10H2,1H3,(H,15,16). The Balaban J connectivity index is 1.94. The predicted molar refractivity (Wildman–Crippen MR) is 68.9 cm³/mol. The van der Waals surface area contributed by atoms with E-state index in [4.69, 9.17) is 11.6 Å². The first kappa shape index (κ1) is 11.7. The van der Waals surface area contributed by atoms with E-state index in [1.165, 1.54) is 32.1 Å². The third-order valence-electron chi connectivity index (χ3n) is 3.50. The van der Waals surface area contributed by atoms with Crippen molar-refractivity contribution in [3.05, 3.63) is 23.4 Å². The summed E-state index contributed by atoms with van der Waals surface area (Å²) in [5, 5.41) is 4.09. The van der Waals surface area contributed by atoms with E-state index in [9.17, 15) is 0 Å². The molecule has 16 heavy (non-hydrogen) atoms. The fourth-order valence-electron chi connectivity index (χ4n) is 2.39. The molecule has 1 aromatic heterocycles. The zero-order chi connectivity index (χ0) is 11.4. The largest absolute Gasteiger partial charge is 0.368 e. The first-order valence-corrected chi connectivity index (χ1v) is 6.42. The Kier molecular flexibility index (Phi) is 3.70. The lowest BCUT2D eigenvalue weighted by Gasteiger charge is -2.33. The normalized spacial score (nSPS) is 19.4. The van der Waals surface area contributed by atoms with Gasteiger partial charge in [0.1, 0.15) is 5.82 Å². The van der Waals surface area contributed by atoms with E-state index >= 15 is 0 Å². The van der Waals surface area contributed by atoms with Crippen LogP contribution in [0.4, 0.5) is 5.82 Å². The van der Waals surface area contributed by atoms with Crippen molar-refractivity contribution < 1.29 is 0 Å².